The molecule has 0 bridgehead atoms. The number of hydrogen-bond acceptors (Lipinski definition) is 3. The van der Waals surface area contributed by atoms with E-state index in [1.807, 2.05) is 13.0 Å². The maximum absolute atomic E-state index is 12.3. The third-order valence-corrected chi connectivity index (χ3v) is 5.39. The number of hydrogen-bond donors (Lipinski definition) is 2. The maximum atomic E-state index is 12.3. The molecule has 0 fully saturated rings. The van der Waals surface area contributed by atoms with Crippen LogP contribution >= 0.6 is 15.9 Å². The molecular weight excluding hydrogens is 354 g/mol. The molecule has 0 aliphatic heterocycles. The van der Waals surface area contributed by atoms with E-state index in [9.17, 15) is 8.42 Å². The fourth-order valence-corrected chi connectivity index (χ4v) is 3.91. The van der Waals surface area contributed by atoms with Gasteiger partial charge in [0.2, 0.25) is 10.0 Å². The summed E-state index contributed by atoms with van der Waals surface area (Å²) in [6, 6.07) is 5.24. The Hall–Kier alpha value is -1.18. The van der Waals surface area contributed by atoms with Gasteiger partial charge in [-0.15, -0.1) is 0 Å². The summed E-state index contributed by atoms with van der Waals surface area (Å²) in [5, 5.41) is 6.82. The van der Waals surface area contributed by atoms with Crippen LogP contribution in [-0.4, -0.2) is 25.2 Å². The number of aromatic nitrogens is 2. The number of halogens is 1. The van der Waals surface area contributed by atoms with Crippen LogP contribution in [0.25, 0.3) is 0 Å². The summed E-state index contributed by atoms with van der Waals surface area (Å²) in [6.07, 6.45) is 3.30. The number of nitrogens with zero attached hydrogens (tertiary/aromatic N) is 1. The van der Waals surface area contributed by atoms with Gasteiger partial charge in [0.1, 0.15) is 0 Å². The second-order valence-electron chi connectivity index (χ2n) is 4.93. The summed E-state index contributed by atoms with van der Waals surface area (Å²) in [5.41, 5.74) is 2.88. The standard InChI is InChI=1S/C14H18BrN3O2S/c1-10-5-6-13(15)8-14(10)21(19,20)17-7-3-4-12-9-16-18-11(12)2/h5-6,8-9,17H,3-4,7H2,1-2H3,(H,16,18). The molecule has 0 spiro atoms. The first kappa shape index (κ1) is 16.2. The Balaban J connectivity index is 1.95. The van der Waals surface area contributed by atoms with Crippen LogP contribution in [0.3, 0.4) is 0 Å². The van der Waals surface area contributed by atoms with Crippen molar-refractivity contribution in [2.75, 3.05) is 6.54 Å². The number of aryl methyl sites for hydroxylation is 3. The monoisotopic (exact) mass is 371 g/mol. The van der Waals surface area contributed by atoms with Crippen LogP contribution in [-0.2, 0) is 16.4 Å². The topological polar surface area (TPSA) is 74.8 Å². The van der Waals surface area contributed by atoms with Crippen LogP contribution < -0.4 is 4.72 Å². The number of nitrogens with one attached hydrogen (secondary N) is 2. The summed E-state index contributed by atoms with van der Waals surface area (Å²) >= 11 is 3.30. The summed E-state index contributed by atoms with van der Waals surface area (Å²) in [5.74, 6) is 0. The fraction of sp³-hybridized carbons (Fsp3) is 0.357. The van der Waals surface area contributed by atoms with E-state index in [1.165, 1.54) is 0 Å². The van der Waals surface area contributed by atoms with E-state index in [1.54, 1.807) is 25.3 Å². The van der Waals surface area contributed by atoms with Crippen LogP contribution in [0.1, 0.15) is 23.2 Å². The molecule has 0 unspecified atom stereocenters. The molecule has 0 amide bonds. The Labute approximate surface area is 133 Å². The highest BCUT2D eigenvalue weighted by Gasteiger charge is 2.16. The van der Waals surface area contributed by atoms with Crippen molar-refractivity contribution in [3.8, 4) is 0 Å². The predicted molar refractivity (Wildman–Crippen MR) is 85.7 cm³/mol. The van der Waals surface area contributed by atoms with Gasteiger partial charge < -0.3 is 0 Å². The normalized spacial score (nSPS) is 11.8. The Morgan fingerprint density at radius 1 is 1.33 bits per heavy atom. The number of rotatable bonds is 6. The molecule has 0 saturated carbocycles. The minimum absolute atomic E-state index is 0.316. The predicted octanol–water partition coefficient (Wildman–Crippen LogP) is 2.70. The van der Waals surface area contributed by atoms with Crippen molar-refractivity contribution in [2.45, 2.75) is 31.6 Å². The van der Waals surface area contributed by atoms with Gasteiger partial charge in [0.25, 0.3) is 0 Å². The van der Waals surface area contributed by atoms with Gasteiger partial charge in [-0.3, -0.25) is 5.10 Å². The Bertz CT molecular complexity index is 726. The van der Waals surface area contributed by atoms with Gasteiger partial charge in [-0.25, -0.2) is 13.1 Å². The lowest BCUT2D eigenvalue weighted by Crippen LogP contribution is -2.25. The van der Waals surface area contributed by atoms with Crippen molar-refractivity contribution in [3.05, 3.63) is 45.7 Å². The first-order chi connectivity index (χ1) is 9.90. The van der Waals surface area contributed by atoms with Crippen LogP contribution in [0.15, 0.2) is 33.8 Å². The van der Waals surface area contributed by atoms with Gasteiger partial charge in [-0.2, -0.15) is 5.10 Å². The van der Waals surface area contributed by atoms with E-state index in [4.69, 9.17) is 0 Å². The maximum Gasteiger partial charge on any atom is 0.240 e. The zero-order chi connectivity index (χ0) is 15.5. The van der Waals surface area contributed by atoms with Crippen molar-refractivity contribution in [1.82, 2.24) is 14.9 Å². The van der Waals surface area contributed by atoms with Crippen LogP contribution in [0.5, 0.6) is 0 Å². The van der Waals surface area contributed by atoms with E-state index in [2.05, 4.69) is 30.8 Å². The lowest BCUT2D eigenvalue weighted by Gasteiger charge is -2.09. The molecule has 1 aromatic carbocycles. The highest BCUT2D eigenvalue weighted by atomic mass is 79.9. The fourth-order valence-electron chi connectivity index (χ4n) is 2.05. The molecular formula is C14H18BrN3O2S. The van der Waals surface area contributed by atoms with E-state index in [0.29, 0.717) is 11.4 Å². The van der Waals surface area contributed by atoms with E-state index < -0.39 is 10.0 Å². The molecule has 1 aromatic heterocycles. The molecule has 7 heteroatoms. The van der Waals surface area contributed by atoms with Crippen LogP contribution in [0.4, 0.5) is 0 Å². The highest BCUT2D eigenvalue weighted by molar-refractivity contribution is 9.10. The molecule has 2 rings (SSSR count). The van der Waals surface area contributed by atoms with Crippen molar-refractivity contribution in [1.29, 1.82) is 0 Å². The number of H-pyrrole nitrogens is 1. The van der Waals surface area contributed by atoms with E-state index in [-0.39, 0.29) is 0 Å². The molecule has 114 valence electrons. The summed E-state index contributed by atoms with van der Waals surface area (Å²) in [6.45, 7) is 4.14. The molecule has 0 aliphatic carbocycles. The molecule has 0 radical (unpaired) electrons. The Morgan fingerprint density at radius 3 is 2.76 bits per heavy atom. The van der Waals surface area contributed by atoms with Gasteiger partial charge in [0.05, 0.1) is 11.1 Å². The van der Waals surface area contributed by atoms with Gasteiger partial charge in [-0.05, 0) is 49.9 Å². The smallest absolute Gasteiger partial charge is 0.240 e. The van der Waals surface area contributed by atoms with Crippen LogP contribution in [0, 0.1) is 13.8 Å². The van der Waals surface area contributed by atoms with Crippen molar-refractivity contribution < 1.29 is 8.42 Å². The second kappa shape index (κ2) is 6.72. The molecule has 21 heavy (non-hydrogen) atoms. The van der Waals surface area contributed by atoms with Crippen molar-refractivity contribution >= 4 is 26.0 Å². The van der Waals surface area contributed by atoms with E-state index in [0.717, 1.165) is 34.1 Å². The largest absolute Gasteiger partial charge is 0.283 e. The average Bonchev–Trinajstić information content (AvgIpc) is 2.83. The number of sulfonamides is 1. The minimum atomic E-state index is -3.47. The van der Waals surface area contributed by atoms with Crippen molar-refractivity contribution in [3.63, 3.8) is 0 Å². The van der Waals surface area contributed by atoms with Gasteiger partial charge >= 0.3 is 0 Å². The molecule has 0 aliphatic rings. The molecule has 5 nitrogen and oxygen atoms in total. The first-order valence-corrected chi connectivity index (χ1v) is 8.92. The number of benzene rings is 1. The van der Waals surface area contributed by atoms with Gasteiger partial charge in [-0.1, -0.05) is 22.0 Å². The van der Waals surface area contributed by atoms with Gasteiger partial charge in [0.15, 0.2) is 0 Å². The zero-order valence-corrected chi connectivity index (χ0v) is 14.4. The highest BCUT2D eigenvalue weighted by Crippen LogP contribution is 2.20. The van der Waals surface area contributed by atoms with E-state index >= 15 is 0 Å². The third kappa shape index (κ3) is 4.15. The quantitative estimate of drug-likeness (QED) is 0.766. The minimum Gasteiger partial charge on any atom is -0.283 e. The Kier molecular flexibility index (Phi) is 5.18. The molecule has 0 atom stereocenters. The number of aromatic amines is 1. The molecule has 1 heterocycles. The lowest BCUT2D eigenvalue weighted by molar-refractivity contribution is 0.578. The average molecular weight is 372 g/mol. The molecule has 2 aromatic rings. The molecule has 2 N–H and O–H groups in total. The second-order valence-corrected chi connectivity index (χ2v) is 7.58. The Morgan fingerprint density at radius 2 is 2.10 bits per heavy atom. The first-order valence-electron chi connectivity index (χ1n) is 6.65. The van der Waals surface area contributed by atoms with Crippen LogP contribution in [0.2, 0.25) is 0 Å². The van der Waals surface area contributed by atoms with Gasteiger partial charge in [0, 0.05) is 16.7 Å². The third-order valence-electron chi connectivity index (χ3n) is 3.29. The zero-order valence-electron chi connectivity index (χ0n) is 12.0. The van der Waals surface area contributed by atoms with Crippen molar-refractivity contribution in [2.24, 2.45) is 0 Å². The SMILES string of the molecule is Cc1ccc(Br)cc1S(=O)(=O)NCCCc1cn[nH]c1C. The summed E-state index contributed by atoms with van der Waals surface area (Å²) in [7, 11) is -3.47. The lowest BCUT2D eigenvalue weighted by atomic mass is 10.1. The summed E-state index contributed by atoms with van der Waals surface area (Å²) in [4.78, 5) is 0.316. The molecule has 0 saturated heterocycles. The summed E-state index contributed by atoms with van der Waals surface area (Å²) < 4.78 is 28.0.